The molecule has 1 aromatic rings. The maximum absolute atomic E-state index is 10.4. The third-order valence-corrected chi connectivity index (χ3v) is 2.76. The number of rotatable bonds is 2. The first kappa shape index (κ1) is 10.5. The van der Waals surface area contributed by atoms with Gasteiger partial charge in [0, 0.05) is 3.57 Å². The Balaban J connectivity index is 3.15. The Labute approximate surface area is 91.5 Å². The summed E-state index contributed by atoms with van der Waals surface area (Å²) in [7, 11) is -2.46. The zero-order valence-electron chi connectivity index (χ0n) is 6.53. The van der Waals surface area contributed by atoms with Gasteiger partial charge < -0.3 is 0 Å². The molecule has 0 aromatic heterocycles. The Morgan fingerprint density at radius 3 is 2.69 bits per heavy atom. The van der Waals surface area contributed by atoms with Crippen molar-refractivity contribution in [1.82, 2.24) is 0 Å². The molecule has 1 aromatic carbocycles. The van der Waals surface area contributed by atoms with Gasteiger partial charge in [-0.3, -0.25) is 0 Å². The molecule has 3 nitrogen and oxygen atoms in total. The summed E-state index contributed by atoms with van der Waals surface area (Å²) in [6.45, 7) is 0. The van der Waals surface area contributed by atoms with Gasteiger partial charge in [0.05, 0.1) is 17.4 Å². The molecule has 0 N–H and O–H groups in total. The van der Waals surface area contributed by atoms with E-state index >= 15 is 0 Å². The Kier molecular flexibility index (Phi) is 3.69. The molecule has 0 spiro atoms. The van der Waals surface area contributed by atoms with Crippen molar-refractivity contribution in [2.75, 3.05) is 0 Å². The van der Waals surface area contributed by atoms with Gasteiger partial charge in [-0.1, -0.05) is 6.07 Å². The predicted molar refractivity (Wildman–Crippen MR) is 57.9 cm³/mol. The van der Waals surface area contributed by atoms with E-state index < -0.39 is 10.7 Å². The van der Waals surface area contributed by atoms with Crippen molar-refractivity contribution in [2.45, 2.75) is 5.75 Å². The maximum atomic E-state index is 10.4. The summed E-state index contributed by atoms with van der Waals surface area (Å²) < 4.78 is 21.8. The summed E-state index contributed by atoms with van der Waals surface area (Å²) in [6.07, 6.45) is 0. The molecule has 0 aliphatic carbocycles. The first-order valence-electron chi connectivity index (χ1n) is 3.44. The van der Waals surface area contributed by atoms with Crippen LogP contribution >= 0.6 is 22.6 Å². The van der Waals surface area contributed by atoms with Crippen molar-refractivity contribution in [3.8, 4) is 6.07 Å². The monoisotopic (exact) mass is 307 g/mol. The van der Waals surface area contributed by atoms with Gasteiger partial charge in [0.15, 0.2) is 0 Å². The van der Waals surface area contributed by atoms with Crippen molar-refractivity contribution in [3.63, 3.8) is 0 Å². The highest BCUT2D eigenvalue weighted by Crippen LogP contribution is 2.13. The molecule has 13 heavy (non-hydrogen) atoms. The molecule has 0 radical (unpaired) electrons. The van der Waals surface area contributed by atoms with Crippen molar-refractivity contribution in [1.29, 1.82) is 5.26 Å². The van der Waals surface area contributed by atoms with E-state index in [4.69, 9.17) is 5.26 Å². The standard InChI is InChI=1S/C8H6INO2S/c9-8-2-1-6(5-13(11)12)7(3-8)4-10/h1-3,13H,5H2. The molecule has 0 unspecified atom stereocenters. The fourth-order valence-corrected chi connectivity index (χ4v) is 1.97. The van der Waals surface area contributed by atoms with Gasteiger partial charge in [0.1, 0.15) is 10.7 Å². The fraction of sp³-hybridized carbons (Fsp3) is 0.125. The van der Waals surface area contributed by atoms with Crippen LogP contribution in [0.5, 0.6) is 0 Å². The number of thiol groups is 1. The second-order valence-corrected chi connectivity index (χ2v) is 4.63. The van der Waals surface area contributed by atoms with E-state index in [0.29, 0.717) is 11.1 Å². The van der Waals surface area contributed by atoms with Crippen LogP contribution in [-0.4, -0.2) is 8.42 Å². The maximum Gasteiger partial charge on any atom is 0.144 e. The first-order valence-corrected chi connectivity index (χ1v) is 5.88. The minimum absolute atomic E-state index is 0.0604. The third-order valence-electron chi connectivity index (χ3n) is 1.49. The lowest BCUT2D eigenvalue weighted by Crippen LogP contribution is -1.92. The predicted octanol–water partition coefficient (Wildman–Crippen LogP) is 1.27. The average molecular weight is 307 g/mol. The van der Waals surface area contributed by atoms with Crippen LogP contribution in [0, 0.1) is 14.9 Å². The highest BCUT2D eigenvalue weighted by molar-refractivity contribution is 14.1. The van der Waals surface area contributed by atoms with E-state index in [1.54, 1.807) is 18.2 Å². The van der Waals surface area contributed by atoms with E-state index in [2.05, 4.69) is 22.6 Å². The summed E-state index contributed by atoms with van der Waals surface area (Å²) in [6, 6.07) is 7.10. The number of nitrogens with zero attached hydrogens (tertiary/aromatic N) is 1. The van der Waals surface area contributed by atoms with Crippen LogP contribution in [0.1, 0.15) is 11.1 Å². The largest absolute Gasteiger partial charge is 0.232 e. The van der Waals surface area contributed by atoms with Gasteiger partial charge in [0.25, 0.3) is 0 Å². The quantitative estimate of drug-likeness (QED) is 0.661. The lowest BCUT2D eigenvalue weighted by atomic mass is 10.1. The van der Waals surface area contributed by atoms with Gasteiger partial charge in [-0.05, 0) is 40.3 Å². The van der Waals surface area contributed by atoms with E-state index in [9.17, 15) is 8.42 Å². The summed E-state index contributed by atoms with van der Waals surface area (Å²) in [5.41, 5.74) is 1.00. The van der Waals surface area contributed by atoms with Crippen molar-refractivity contribution >= 4 is 33.3 Å². The molecule has 5 heteroatoms. The third kappa shape index (κ3) is 2.97. The van der Waals surface area contributed by atoms with E-state index in [0.717, 1.165) is 3.57 Å². The minimum atomic E-state index is -2.46. The Morgan fingerprint density at radius 1 is 1.46 bits per heavy atom. The Hall–Kier alpha value is -0.610. The SMILES string of the molecule is N#Cc1cc(I)ccc1C[SH](=O)=O. The first-order chi connectivity index (χ1) is 6.13. The highest BCUT2D eigenvalue weighted by Gasteiger charge is 2.02. The van der Waals surface area contributed by atoms with Gasteiger partial charge in [0.2, 0.25) is 0 Å². The number of nitriles is 1. The van der Waals surface area contributed by atoms with Gasteiger partial charge in [-0.25, -0.2) is 8.42 Å². The van der Waals surface area contributed by atoms with E-state index in [-0.39, 0.29) is 5.75 Å². The number of benzene rings is 1. The molecule has 0 aliphatic rings. The van der Waals surface area contributed by atoms with Crippen LogP contribution in [0.2, 0.25) is 0 Å². The van der Waals surface area contributed by atoms with E-state index in [1.165, 1.54) is 0 Å². The molecule has 0 saturated carbocycles. The fourth-order valence-electron chi connectivity index (χ4n) is 0.930. The summed E-state index contributed by atoms with van der Waals surface area (Å²) in [5, 5.41) is 8.71. The van der Waals surface area contributed by atoms with Crippen LogP contribution in [0.25, 0.3) is 0 Å². The molecule has 0 bridgehead atoms. The smallest absolute Gasteiger partial charge is 0.144 e. The molecule has 68 valence electrons. The molecule has 0 fully saturated rings. The van der Waals surface area contributed by atoms with Crippen LogP contribution in [0.4, 0.5) is 0 Å². The van der Waals surface area contributed by atoms with Gasteiger partial charge >= 0.3 is 0 Å². The van der Waals surface area contributed by atoms with Gasteiger partial charge in [-0.2, -0.15) is 5.26 Å². The lowest BCUT2D eigenvalue weighted by molar-refractivity contribution is 0.614. The molecule has 0 atom stereocenters. The Morgan fingerprint density at radius 2 is 2.15 bits per heavy atom. The van der Waals surface area contributed by atoms with Crippen LogP contribution < -0.4 is 0 Å². The second kappa shape index (κ2) is 4.58. The molecular formula is C8H6INO2S. The normalized spacial score (nSPS) is 9.92. The second-order valence-electron chi connectivity index (χ2n) is 2.40. The average Bonchev–Trinajstić information content (AvgIpc) is 2.07. The molecule has 1 rings (SSSR count). The van der Waals surface area contributed by atoms with Crippen molar-refractivity contribution in [3.05, 3.63) is 32.9 Å². The van der Waals surface area contributed by atoms with Crippen molar-refractivity contribution < 1.29 is 8.42 Å². The minimum Gasteiger partial charge on any atom is -0.232 e. The van der Waals surface area contributed by atoms with Crippen molar-refractivity contribution in [2.24, 2.45) is 0 Å². The summed E-state index contributed by atoms with van der Waals surface area (Å²) in [5.74, 6) is -0.0604. The zero-order valence-corrected chi connectivity index (χ0v) is 9.58. The summed E-state index contributed by atoms with van der Waals surface area (Å²) >= 11 is 2.08. The molecule has 0 saturated heterocycles. The molecule has 0 heterocycles. The topological polar surface area (TPSA) is 57.9 Å². The Bertz CT molecular complexity index is 426. The van der Waals surface area contributed by atoms with E-state index in [1.807, 2.05) is 6.07 Å². The van der Waals surface area contributed by atoms with Crippen LogP contribution in [0.3, 0.4) is 0 Å². The van der Waals surface area contributed by atoms with Crippen LogP contribution in [-0.2, 0) is 16.5 Å². The molecule has 0 aliphatic heterocycles. The molecular weight excluding hydrogens is 301 g/mol. The number of hydrogen-bond donors (Lipinski definition) is 1. The van der Waals surface area contributed by atoms with Gasteiger partial charge in [-0.15, -0.1) is 0 Å². The highest BCUT2D eigenvalue weighted by atomic mass is 127. The summed E-state index contributed by atoms with van der Waals surface area (Å²) in [4.78, 5) is 0. The lowest BCUT2D eigenvalue weighted by Gasteiger charge is -1.98. The number of hydrogen-bond acceptors (Lipinski definition) is 3. The zero-order chi connectivity index (χ0) is 9.84. The molecule has 0 amide bonds. The number of halogens is 1. The van der Waals surface area contributed by atoms with Crippen LogP contribution in [0.15, 0.2) is 18.2 Å².